The molecule has 0 bridgehead atoms. The van der Waals surface area contributed by atoms with Crippen LogP contribution in [-0.2, 0) is 19.6 Å². The van der Waals surface area contributed by atoms with Crippen molar-refractivity contribution in [3.63, 3.8) is 0 Å². The number of aromatic hydroxyl groups is 4. The highest BCUT2D eigenvalue weighted by Crippen LogP contribution is 2.61. The van der Waals surface area contributed by atoms with Crippen molar-refractivity contribution in [3.05, 3.63) is 132 Å². The summed E-state index contributed by atoms with van der Waals surface area (Å²) >= 11 is 3.31. The van der Waals surface area contributed by atoms with E-state index >= 15 is 0 Å². The zero-order chi connectivity index (χ0) is 37.1. The van der Waals surface area contributed by atoms with Crippen molar-refractivity contribution in [1.82, 2.24) is 0 Å². The van der Waals surface area contributed by atoms with Gasteiger partial charge in [0.1, 0.15) is 35.2 Å². The Morgan fingerprint density at radius 3 is 1.00 bits per heavy atom. The second-order valence-electron chi connectivity index (χ2n) is 13.0. The van der Waals surface area contributed by atoms with Gasteiger partial charge in [-0.2, -0.15) is 0 Å². The van der Waals surface area contributed by atoms with E-state index in [0.717, 1.165) is 42.3 Å². The smallest absolute Gasteiger partial charge is 0.125 e. The second kappa shape index (κ2) is 13.8. The minimum absolute atomic E-state index is 0.140. The maximum absolute atomic E-state index is 11.7. The molecule has 1 fully saturated rings. The summed E-state index contributed by atoms with van der Waals surface area (Å²) in [6, 6.07) is 38.2. The molecule has 1 aliphatic carbocycles. The zero-order valence-corrected chi connectivity index (χ0v) is 30.6. The van der Waals surface area contributed by atoms with Crippen molar-refractivity contribution >= 4 is 57.6 Å². The van der Waals surface area contributed by atoms with Gasteiger partial charge in [0.15, 0.2) is 0 Å². The van der Waals surface area contributed by atoms with Gasteiger partial charge in [0.2, 0.25) is 0 Å². The number of anilines is 6. The molecule has 2 heterocycles. The van der Waals surface area contributed by atoms with Gasteiger partial charge in [-0.1, -0.05) is 72.1 Å². The highest BCUT2D eigenvalue weighted by atomic mass is 32.2. The number of para-hydroxylation sites is 4. The van der Waals surface area contributed by atoms with Gasteiger partial charge in [-0.15, -0.1) is 0 Å². The number of nitrogens with zero attached hydrogens (tertiary/aromatic N) is 2. The van der Waals surface area contributed by atoms with Crippen LogP contribution in [0.2, 0.25) is 0 Å². The van der Waals surface area contributed by atoms with Crippen LogP contribution in [0.25, 0.3) is 0 Å². The van der Waals surface area contributed by atoms with Gasteiger partial charge in [-0.25, -0.2) is 19.6 Å². The first-order valence-electron chi connectivity index (χ1n) is 17.2. The summed E-state index contributed by atoms with van der Waals surface area (Å²) in [6.45, 7) is 0. The van der Waals surface area contributed by atoms with Crippen molar-refractivity contribution < 1.29 is 40.0 Å². The predicted molar refractivity (Wildman–Crippen MR) is 206 cm³/mol. The molecule has 6 aromatic rings. The van der Waals surface area contributed by atoms with E-state index in [1.807, 2.05) is 107 Å². The average molecular weight is 759 g/mol. The summed E-state index contributed by atoms with van der Waals surface area (Å²) in [5.41, 5.74) is 4.99. The molecule has 0 saturated heterocycles. The lowest BCUT2D eigenvalue weighted by atomic mass is 9.62. The van der Waals surface area contributed by atoms with Crippen molar-refractivity contribution in [2.75, 3.05) is 24.0 Å². The Balaban J connectivity index is 1.10. The van der Waals surface area contributed by atoms with E-state index in [1.165, 1.54) is 14.2 Å². The Labute approximate surface area is 319 Å². The van der Waals surface area contributed by atoms with Crippen molar-refractivity contribution in [3.8, 4) is 23.0 Å². The molecule has 272 valence electrons. The Bertz CT molecular complexity index is 2100. The lowest BCUT2D eigenvalue weighted by Gasteiger charge is -2.49. The highest BCUT2D eigenvalue weighted by molar-refractivity contribution is 8.00. The van der Waals surface area contributed by atoms with Crippen molar-refractivity contribution in [2.24, 2.45) is 0 Å². The molecule has 10 nitrogen and oxygen atoms in total. The molecule has 9 rings (SSSR count). The standard InChI is InChI=1S/C42H34N2O8S2/c1-49-51-41-39(37-29(45)19-23(20-30(37)46)43-25-11-3-7-15-33(25)53-34-16-8-4-12-26(34)43)42(52-50-2)40(41)38-31(47)21-24(22-32(38)48)44-27-13-5-9-17-35(27)54-36-18-10-6-14-28(36)44/h3-22,39-42,45-48H,1-2H3. The number of rotatable bonds is 8. The first-order chi connectivity index (χ1) is 26.4. The number of benzene rings is 6. The quantitative estimate of drug-likeness (QED) is 0.0871. The molecule has 3 aliphatic rings. The highest BCUT2D eigenvalue weighted by Gasteiger charge is 2.59. The van der Waals surface area contributed by atoms with Gasteiger partial charge in [0, 0.05) is 55.0 Å². The Kier molecular flexibility index (Phi) is 8.81. The lowest BCUT2D eigenvalue weighted by Crippen LogP contribution is -2.54. The molecule has 0 amide bonds. The summed E-state index contributed by atoms with van der Waals surface area (Å²) in [4.78, 5) is 30.0. The molecule has 6 aromatic carbocycles. The zero-order valence-electron chi connectivity index (χ0n) is 29.0. The van der Waals surface area contributed by atoms with Crippen LogP contribution >= 0.6 is 23.5 Å². The van der Waals surface area contributed by atoms with Gasteiger partial charge in [-0.05, 0) is 48.5 Å². The average Bonchev–Trinajstić information content (AvgIpc) is 3.17. The normalized spacial score (nSPS) is 19.7. The minimum Gasteiger partial charge on any atom is -0.507 e. The molecule has 0 radical (unpaired) electrons. The molecule has 0 unspecified atom stereocenters. The molecule has 0 aromatic heterocycles. The van der Waals surface area contributed by atoms with Crippen molar-refractivity contribution in [2.45, 2.75) is 43.6 Å². The SMILES string of the molecule is COOC1C(c2c(O)cc(N3c4ccccc4Sc4ccccc43)cc2O)C(OOC)C1c1c(O)cc(N2c3ccccc3Sc3ccccc32)cc1O. The van der Waals surface area contributed by atoms with Crippen molar-refractivity contribution in [1.29, 1.82) is 0 Å². The van der Waals surface area contributed by atoms with Crippen LogP contribution in [0.4, 0.5) is 34.1 Å². The molecule has 2 aliphatic heterocycles. The molecule has 12 heteroatoms. The molecule has 54 heavy (non-hydrogen) atoms. The Morgan fingerprint density at radius 1 is 0.444 bits per heavy atom. The van der Waals surface area contributed by atoms with Crippen LogP contribution in [0.15, 0.2) is 141 Å². The van der Waals surface area contributed by atoms with E-state index in [9.17, 15) is 20.4 Å². The monoisotopic (exact) mass is 758 g/mol. The lowest BCUT2D eigenvalue weighted by molar-refractivity contribution is -0.390. The molecular weight excluding hydrogens is 725 g/mol. The van der Waals surface area contributed by atoms with E-state index in [4.69, 9.17) is 19.6 Å². The van der Waals surface area contributed by atoms with Gasteiger partial charge in [-0.3, -0.25) is 0 Å². The van der Waals surface area contributed by atoms with Gasteiger partial charge in [0.05, 0.1) is 60.2 Å². The third-order valence-electron chi connectivity index (χ3n) is 10.1. The van der Waals surface area contributed by atoms with Gasteiger partial charge < -0.3 is 30.2 Å². The summed E-state index contributed by atoms with van der Waals surface area (Å²) in [6.07, 6.45) is -1.89. The Morgan fingerprint density at radius 2 is 0.722 bits per heavy atom. The molecule has 4 N–H and O–H groups in total. The first kappa shape index (κ1) is 34.4. The largest absolute Gasteiger partial charge is 0.507 e. The van der Waals surface area contributed by atoms with E-state index < -0.39 is 24.0 Å². The van der Waals surface area contributed by atoms with E-state index in [-0.39, 0.29) is 34.1 Å². The predicted octanol–water partition coefficient (Wildman–Crippen LogP) is 10.2. The molecule has 1 saturated carbocycles. The van der Waals surface area contributed by atoms with Crippen LogP contribution in [0.5, 0.6) is 23.0 Å². The van der Waals surface area contributed by atoms with E-state index in [1.54, 1.807) is 47.8 Å². The molecule has 0 spiro atoms. The minimum atomic E-state index is -0.943. The molecular formula is C42H34N2O8S2. The van der Waals surface area contributed by atoms with Crippen LogP contribution in [-0.4, -0.2) is 46.9 Å². The summed E-state index contributed by atoms with van der Waals surface area (Å²) in [5.74, 6) is -2.53. The third-order valence-corrected chi connectivity index (χ3v) is 12.4. The van der Waals surface area contributed by atoms with E-state index in [2.05, 4.69) is 0 Å². The summed E-state index contributed by atoms with van der Waals surface area (Å²) in [7, 11) is 2.69. The Hall–Kier alpha value is -5.34. The molecule has 0 atom stereocenters. The summed E-state index contributed by atoms with van der Waals surface area (Å²) < 4.78 is 0. The number of hydrogen-bond donors (Lipinski definition) is 4. The second-order valence-corrected chi connectivity index (χ2v) is 15.2. The number of hydrogen-bond acceptors (Lipinski definition) is 12. The van der Waals surface area contributed by atoms with Gasteiger partial charge in [0.25, 0.3) is 0 Å². The first-order valence-corrected chi connectivity index (χ1v) is 18.8. The fraction of sp³-hybridized carbons (Fsp3) is 0.143. The van der Waals surface area contributed by atoms with Crippen LogP contribution in [0.3, 0.4) is 0 Å². The maximum atomic E-state index is 11.7. The number of phenolic OH excluding ortho intramolecular Hbond substituents is 4. The third kappa shape index (κ3) is 5.53. The number of phenols is 4. The number of fused-ring (bicyclic) bond motifs is 4. The van der Waals surface area contributed by atoms with Gasteiger partial charge >= 0.3 is 0 Å². The van der Waals surface area contributed by atoms with Crippen LogP contribution < -0.4 is 9.80 Å². The van der Waals surface area contributed by atoms with E-state index in [0.29, 0.717) is 11.4 Å². The fourth-order valence-corrected chi connectivity index (χ4v) is 10.0. The maximum Gasteiger partial charge on any atom is 0.125 e. The van der Waals surface area contributed by atoms with Crippen LogP contribution in [0.1, 0.15) is 23.0 Å². The fourth-order valence-electron chi connectivity index (χ4n) is 7.92. The topological polar surface area (TPSA) is 124 Å². The van der Waals surface area contributed by atoms with Crippen LogP contribution in [0, 0.1) is 0 Å². The summed E-state index contributed by atoms with van der Waals surface area (Å²) in [5, 5.41) is 46.9.